The van der Waals surface area contributed by atoms with Gasteiger partial charge in [0.15, 0.2) is 17.4 Å². The molecule has 0 aromatic heterocycles. The van der Waals surface area contributed by atoms with Crippen molar-refractivity contribution in [3.05, 3.63) is 23.8 Å². The van der Waals surface area contributed by atoms with E-state index in [0.29, 0.717) is 0 Å². The lowest BCUT2D eigenvalue weighted by Gasteiger charge is -2.36. The van der Waals surface area contributed by atoms with Gasteiger partial charge in [-0.05, 0) is 35.7 Å². The molecule has 0 radical (unpaired) electrons. The standard InChI is InChI=1S/C12H19BF2O3Si/c1-12(2,3)19(4,5)18-11-9(14)6-8(13(16)17)7-10(11)15/h6-7,16-17H,1-5H3. The van der Waals surface area contributed by atoms with Crippen LogP contribution in [0.4, 0.5) is 8.78 Å². The zero-order valence-corrected chi connectivity index (χ0v) is 12.8. The van der Waals surface area contributed by atoms with Crippen molar-refractivity contribution in [1.82, 2.24) is 0 Å². The lowest BCUT2D eigenvalue weighted by Crippen LogP contribution is -2.44. The van der Waals surface area contributed by atoms with Gasteiger partial charge in [0.05, 0.1) is 0 Å². The van der Waals surface area contributed by atoms with E-state index < -0.39 is 32.8 Å². The largest absolute Gasteiger partial charge is 0.540 e. The minimum Gasteiger partial charge on any atom is -0.540 e. The molecule has 0 amide bonds. The minimum absolute atomic E-state index is 0.193. The lowest BCUT2D eigenvalue weighted by molar-refractivity contribution is 0.416. The summed E-state index contributed by atoms with van der Waals surface area (Å²) >= 11 is 0. The maximum Gasteiger partial charge on any atom is 0.488 e. The molecule has 19 heavy (non-hydrogen) atoms. The average molecular weight is 288 g/mol. The smallest absolute Gasteiger partial charge is 0.488 e. The van der Waals surface area contributed by atoms with Crippen LogP contribution in [0.2, 0.25) is 18.1 Å². The molecule has 0 aliphatic heterocycles. The molecule has 1 rings (SSSR count). The van der Waals surface area contributed by atoms with Gasteiger partial charge < -0.3 is 14.5 Å². The molecular weight excluding hydrogens is 269 g/mol. The van der Waals surface area contributed by atoms with Crippen molar-refractivity contribution < 1.29 is 23.3 Å². The molecule has 0 heterocycles. The Hall–Kier alpha value is -0.918. The summed E-state index contributed by atoms with van der Waals surface area (Å²) in [5.41, 5.74) is -0.238. The van der Waals surface area contributed by atoms with Crippen LogP contribution in [0.5, 0.6) is 5.75 Å². The summed E-state index contributed by atoms with van der Waals surface area (Å²) in [5, 5.41) is 17.6. The van der Waals surface area contributed by atoms with Gasteiger partial charge >= 0.3 is 7.12 Å². The number of rotatable bonds is 3. The van der Waals surface area contributed by atoms with E-state index >= 15 is 0 Å². The van der Waals surface area contributed by atoms with Crippen molar-refractivity contribution >= 4 is 20.9 Å². The van der Waals surface area contributed by atoms with Gasteiger partial charge in [-0.15, -0.1) is 0 Å². The highest BCUT2D eigenvalue weighted by Gasteiger charge is 2.40. The van der Waals surface area contributed by atoms with E-state index in [0.717, 1.165) is 12.1 Å². The van der Waals surface area contributed by atoms with E-state index in [2.05, 4.69) is 0 Å². The first-order chi connectivity index (χ1) is 8.45. The van der Waals surface area contributed by atoms with Gasteiger partial charge in [0, 0.05) is 0 Å². The monoisotopic (exact) mass is 288 g/mol. The Morgan fingerprint density at radius 3 is 1.84 bits per heavy atom. The van der Waals surface area contributed by atoms with Crippen LogP contribution in [0, 0.1) is 11.6 Å². The lowest BCUT2D eigenvalue weighted by atomic mass is 9.80. The number of hydrogen-bond acceptors (Lipinski definition) is 3. The van der Waals surface area contributed by atoms with Gasteiger partial charge in [-0.3, -0.25) is 0 Å². The van der Waals surface area contributed by atoms with Crippen LogP contribution >= 0.6 is 0 Å². The molecule has 0 fully saturated rings. The van der Waals surface area contributed by atoms with E-state index in [1.807, 2.05) is 33.9 Å². The van der Waals surface area contributed by atoms with Gasteiger partial charge in [0.1, 0.15) is 0 Å². The highest BCUT2D eigenvalue weighted by atomic mass is 28.4. The quantitative estimate of drug-likeness (QED) is 0.837. The third-order valence-electron chi connectivity index (χ3n) is 3.48. The summed E-state index contributed by atoms with van der Waals surface area (Å²) in [7, 11) is -4.27. The fourth-order valence-electron chi connectivity index (χ4n) is 1.23. The summed E-state index contributed by atoms with van der Waals surface area (Å²) < 4.78 is 33.2. The Morgan fingerprint density at radius 1 is 1.11 bits per heavy atom. The summed E-state index contributed by atoms with van der Waals surface area (Å²) in [6, 6.07) is 1.74. The molecule has 2 N–H and O–H groups in total. The summed E-state index contributed by atoms with van der Waals surface area (Å²) in [6.07, 6.45) is 0. The second-order valence-corrected chi connectivity index (χ2v) is 10.8. The van der Waals surface area contributed by atoms with Crippen LogP contribution in [0.15, 0.2) is 12.1 Å². The maximum atomic E-state index is 13.8. The molecule has 7 heteroatoms. The van der Waals surface area contributed by atoms with Crippen molar-refractivity contribution in [1.29, 1.82) is 0 Å². The second-order valence-electron chi connectivity index (χ2n) is 6.05. The molecule has 0 saturated heterocycles. The summed E-state index contributed by atoms with van der Waals surface area (Å²) in [4.78, 5) is 0. The van der Waals surface area contributed by atoms with Crippen molar-refractivity contribution in [3.8, 4) is 5.75 Å². The topological polar surface area (TPSA) is 49.7 Å². The van der Waals surface area contributed by atoms with E-state index in [1.54, 1.807) is 0 Å². The Morgan fingerprint density at radius 2 is 1.53 bits per heavy atom. The van der Waals surface area contributed by atoms with Gasteiger partial charge in [0.25, 0.3) is 8.32 Å². The predicted octanol–water partition coefficient (Wildman–Crippen LogP) is 2.03. The fraction of sp³-hybridized carbons (Fsp3) is 0.500. The zero-order valence-electron chi connectivity index (χ0n) is 11.8. The predicted molar refractivity (Wildman–Crippen MR) is 74.0 cm³/mol. The first-order valence-electron chi connectivity index (χ1n) is 6.00. The molecule has 0 unspecified atom stereocenters. The molecule has 0 bridgehead atoms. The van der Waals surface area contributed by atoms with Crippen LogP contribution in [0.1, 0.15) is 20.8 Å². The Bertz CT molecular complexity index is 450. The van der Waals surface area contributed by atoms with Gasteiger partial charge in [-0.1, -0.05) is 20.8 Å². The van der Waals surface area contributed by atoms with Crippen LogP contribution in [0.25, 0.3) is 0 Å². The molecule has 106 valence electrons. The normalized spacial score (nSPS) is 12.5. The van der Waals surface area contributed by atoms with Gasteiger partial charge in [-0.25, -0.2) is 8.78 Å². The third kappa shape index (κ3) is 3.55. The van der Waals surface area contributed by atoms with Crippen molar-refractivity contribution in [2.75, 3.05) is 0 Å². The van der Waals surface area contributed by atoms with Gasteiger partial charge in [-0.2, -0.15) is 0 Å². The fourth-order valence-corrected chi connectivity index (χ4v) is 2.25. The number of hydrogen-bond donors (Lipinski definition) is 2. The van der Waals surface area contributed by atoms with E-state index in [1.165, 1.54) is 0 Å². The van der Waals surface area contributed by atoms with Crippen molar-refractivity contribution in [2.24, 2.45) is 0 Å². The summed E-state index contributed by atoms with van der Waals surface area (Å²) in [6.45, 7) is 9.63. The maximum absolute atomic E-state index is 13.8. The highest BCUT2D eigenvalue weighted by molar-refractivity contribution is 6.74. The summed E-state index contributed by atoms with van der Waals surface area (Å²) in [5.74, 6) is -2.29. The van der Waals surface area contributed by atoms with Crippen LogP contribution in [0.3, 0.4) is 0 Å². The molecule has 0 atom stereocenters. The minimum atomic E-state index is -2.36. The SMILES string of the molecule is CC(C)(C)[Si](C)(C)Oc1c(F)cc(B(O)O)cc1F. The Labute approximate surface area is 113 Å². The van der Waals surface area contributed by atoms with Crippen LogP contribution in [-0.2, 0) is 0 Å². The first-order valence-corrected chi connectivity index (χ1v) is 8.90. The van der Waals surface area contributed by atoms with E-state index in [4.69, 9.17) is 14.5 Å². The van der Waals surface area contributed by atoms with Crippen molar-refractivity contribution in [2.45, 2.75) is 38.9 Å². The third-order valence-corrected chi connectivity index (χ3v) is 7.81. The van der Waals surface area contributed by atoms with E-state index in [-0.39, 0.29) is 10.5 Å². The molecule has 0 spiro atoms. The molecule has 1 aromatic carbocycles. The van der Waals surface area contributed by atoms with Crippen LogP contribution in [-0.4, -0.2) is 25.5 Å². The molecule has 0 saturated carbocycles. The molecule has 1 aromatic rings. The Kier molecular flexibility index (Phi) is 4.44. The molecule has 3 nitrogen and oxygen atoms in total. The van der Waals surface area contributed by atoms with Crippen LogP contribution < -0.4 is 9.89 Å². The van der Waals surface area contributed by atoms with Crippen molar-refractivity contribution in [3.63, 3.8) is 0 Å². The zero-order chi connectivity index (χ0) is 15.0. The van der Waals surface area contributed by atoms with Gasteiger partial charge in [0.2, 0.25) is 0 Å². The molecule has 0 aliphatic rings. The number of halogens is 2. The Balaban J connectivity index is 3.17. The molecule has 0 aliphatic carbocycles. The number of benzene rings is 1. The highest BCUT2D eigenvalue weighted by Crippen LogP contribution is 2.38. The second kappa shape index (κ2) is 5.22. The molecular formula is C12H19BF2O3Si. The van der Waals surface area contributed by atoms with E-state index in [9.17, 15) is 8.78 Å². The first kappa shape index (κ1) is 16.1. The average Bonchev–Trinajstić information content (AvgIpc) is 2.21.